The average molecular weight is 372 g/mol. The van der Waals surface area contributed by atoms with E-state index in [0.29, 0.717) is 28.9 Å². The van der Waals surface area contributed by atoms with E-state index in [2.05, 4.69) is 15.6 Å². The molecule has 4 rings (SSSR count). The third-order valence-corrected chi connectivity index (χ3v) is 5.73. The topological polar surface area (TPSA) is 83.6 Å². The molecular formula is C18H20N4O3S. The van der Waals surface area contributed by atoms with Gasteiger partial charge in [-0.15, -0.1) is 0 Å². The summed E-state index contributed by atoms with van der Waals surface area (Å²) in [5.41, 5.74) is 1.07. The van der Waals surface area contributed by atoms with Crippen molar-refractivity contribution in [3.8, 4) is 5.75 Å². The molecule has 1 fully saturated rings. The van der Waals surface area contributed by atoms with E-state index >= 15 is 0 Å². The molecule has 0 radical (unpaired) electrons. The maximum Gasteiger partial charge on any atom is 0.268 e. The normalized spacial score (nSPS) is 19.3. The second kappa shape index (κ2) is 6.95. The van der Waals surface area contributed by atoms with Gasteiger partial charge in [0.25, 0.3) is 5.91 Å². The Morgan fingerprint density at radius 2 is 2.12 bits per heavy atom. The fraction of sp³-hybridized carbons (Fsp3) is 0.389. The van der Waals surface area contributed by atoms with E-state index in [1.807, 2.05) is 24.3 Å². The largest absolute Gasteiger partial charge is 0.497 e. The van der Waals surface area contributed by atoms with E-state index in [0.717, 1.165) is 30.6 Å². The molecule has 2 aromatic rings. The predicted octanol–water partition coefficient (Wildman–Crippen LogP) is 2.71. The zero-order valence-electron chi connectivity index (χ0n) is 14.4. The van der Waals surface area contributed by atoms with Gasteiger partial charge in [-0.2, -0.15) is 0 Å². The number of hydrogen-bond donors (Lipinski definition) is 2. The van der Waals surface area contributed by atoms with Crippen molar-refractivity contribution in [1.29, 1.82) is 0 Å². The molecule has 2 aliphatic heterocycles. The number of benzene rings is 1. The van der Waals surface area contributed by atoms with E-state index in [1.54, 1.807) is 12.0 Å². The molecule has 3 heterocycles. The summed E-state index contributed by atoms with van der Waals surface area (Å²) in [6.45, 7) is 1.20. The Morgan fingerprint density at radius 1 is 1.31 bits per heavy atom. The molecule has 1 saturated heterocycles. The maximum atomic E-state index is 12.8. The van der Waals surface area contributed by atoms with E-state index in [1.165, 1.54) is 11.3 Å². The van der Waals surface area contributed by atoms with Gasteiger partial charge in [-0.05, 0) is 37.0 Å². The van der Waals surface area contributed by atoms with Gasteiger partial charge in [0, 0.05) is 13.1 Å². The summed E-state index contributed by atoms with van der Waals surface area (Å²) in [7, 11) is 1.63. The molecule has 0 spiro atoms. The third kappa shape index (κ3) is 3.12. The fourth-order valence-corrected chi connectivity index (χ4v) is 4.20. The van der Waals surface area contributed by atoms with Gasteiger partial charge in [-0.1, -0.05) is 23.5 Å². The number of nitrogens with zero attached hydrogens (tertiary/aromatic N) is 2. The number of rotatable bonds is 4. The van der Waals surface area contributed by atoms with Crippen LogP contribution in [0.5, 0.6) is 5.75 Å². The number of hydrogen-bond acceptors (Lipinski definition) is 6. The van der Waals surface area contributed by atoms with Gasteiger partial charge in [-0.25, -0.2) is 4.98 Å². The van der Waals surface area contributed by atoms with Crippen molar-refractivity contribution >= 4 is 34.1 Å². The quantitative estimate of drug-likeness (QED) is 0.862. The van der Waals surface area contributed by atoms with Crippen molar-refractivity contribution in [3.63, 3.8) is 0 Å². The molecular weight excluding hydrogens is 352 g/mol. The number of methoxy groups -OCH3 is 1. The summed E-state index contributed by atoms with van der Waals surface area (Å²) in [5, 5.41) is 6.68. The van der Waals surface area contributed by atoms with Gasteiger partial charge in [0.05, 0.1) is 7.11 Å². The van der Waals surface area contributed by atoms with Crippen LogP contribution in [0.25, 0.3) is 0 Å². The Morgan fingerprint density at radius 3 is 2.88 bits per heavy atom. The van der Waals surface area contributed by atoms with Crippen LogP contribution >= 0.6 is 11.3 Å². The first-order valence-electron chi connectivity index (χ1n) is 8.65. The monoisotopic (exact) mass is 372 g/mol. The lowest BCUT2D eigenvalue weighted by molar-refractivity contribution is -0.121. The highest BCUT2D eigenvalue weighted by atomic mass is 32.1. The highest BCUT2D eigenvalue weighted by Crippen LogP contribution is 2.33. The first-order valence-corrected chi connectivity index (χ1v) is 9.47. The second-order valence-electron chi connectivity index (χ2n) is 6.40. The van der Waals surface area contributed by atoms with Crippen LogP contribution < -0.4 is 15.4 Å². The van der Waals surface area contributed by atoms with Crippen LogP contribution in [-0.2, 0) is 11.3 Å². The molecule has 2 aliphatic rings. The lowest BCUT2D eigenvalue weighted by atomic mass is 10.0. The maximum absolute atomic E-state index is 12.8. The number of thiazole rings is 1. The van der Waals surface area contributed by atoms with E-state index in [4.69, 9.17) is 4.74 Å². The van der Waals surface area contributed by atoms with Crippen molar-refractivity contribution < 1.29 is 14.3 Å². The Balaban J connectivity index is 1.51. The molecule has 7 nitrogen and oxygen atoms in total. The lowest BCUT2D eigenvalue weighted by Gasteiger charge is -2.32. The van der Waals surface area contributed by atoms with Crippen molar-refractivity contribution in [3.05, 3.63) is 34.7 Å². The molecule has 2 N–H and O–H groups in total. The van der Waals surface area contributed by atoms with Crippen LogP contribution in [0.2, 0.25) is 0 Å². The molecule has 26 heavy (non-hydrogen) atoms. The van der Waals surface area contributed by atoms with Gasteiger partial charge in [0.1, 0.15) is 16.7 Å². The molecule has 8 heteroatoms. The molecule has 2 amide bonds. The lowest BCUT2D eigenvalue weighted by Crippen LogP contribution is -2.47. The first-order chi connectivity index (χ1) is 12.7. The number of aromatic nitrogens is 1. The molecule has 0 saturated carbocycles. The Kier molecular flexibility index (Phi) is 4.50. The van der Waals surface area contributed by atoms with E-state index in [9.17, 15) is 9.59 Å². The third-order valence-electron chi connectivity index (χ3n) is 4.73. The number of piperidine rings is 1. The zero-order valence-corrected chi connectivity index (χ0v) is 15.3. The zero-order chi connectivity index (χ0) is 18.1. The second-order valence-corrected chi connectivity index (χ2v) is 7.40. The van der Waals surface area contributed by atoms with E-state index < -0.39 is 0 Å². The summed E-state index contributed by atoms with van der Waals surface area (Å²) in [4.78, 5) is 31.9. The summed E-state index contributed by atoms with van der Waals surface area (Å²) >= 11 is 1.29. The summed E-state index contributed by atoms with van der Waals surface area (Å²) in [6, 6.07) is 7.36. The van der Waals surface area contributed by atoms with Crippen molar-refractivity contribution in [2.75, 3.05) is 24.3 Å². The molecule has 1 atom stereocenters. The van der Waals surface area contributed by atoms with Gasteiger partial charge in [-0.3, -0.25) is 9.59 Å². The average Bonchev–Trinajstić information content (AvgIpc) is 3.05. The minimum atomic E-state index is -0.367. The van der Waals surface area contributed by atoms with Gasteiger partial charge in [0.15, 0.2) is 10.9 Å². The number of nitrogens with one attached hydrogen (secondary N) is 2. The number of anilines is 2. The standard InChI is InChI=1S/C18H20N4O3S/c1-25-12-7-5-11(6-8-12)10-19-18-21-15-14(26-18)17(24)22-9-3-2-4-13(22)16(23)20-15/h5-8,13H,2-4,9-10H2,1H3,(H,19,21)(H,20,23). The molecule has 1 aromatic carbocycles. The number of carbonyl (C=O) groups is 2. The van der Waals surface area contributed by atoms with Gasteiger partial charge < -0.3 is 20.3 Å². The highest BCUT2D eigenvalue weighted by Gasteiger charge is 2.38. The summed E-state index contributed by atoms with van der Waals surface area (Å²) in [6.07, 6.45) is 2.62. The molecule has 136 valence electrons. The van der Waals surface area contributed by atoms with Crippen molar-refractivity contribution in [2.45, 2.75) is 31.8 Å². The van der Waals surface area contributed by atoms with Crippen LogP contribution in [0.4, 0.5) is 10.9 Å². The van der Waals surface area contributed by atoms with Crippen molar-refractivity contribution in [1.82, 2.24) is 9.88 Å². The van der Waals surface area contributed by atoms with Crippen LogP contribution in [-0.4, -0.2) is 41.4 Å². The SMILES string of the molecule is COc1ccc(CNc2nc3c(s2)C(=O)N2CCCCC2C(=O)N3)cc1. The number of amides is 2. The molecule has 1 aromatic heterocycles. The van der Waals surface area contributed by atoms with Crippen molar-refractivity contribution in [2.24, 2.45) is 0 Å². The molecule has 0 bridgehead atoms. The first kappa shape index (κ1) is 16.8. The Labute approximate surface area is 155 Å². The summed E-state index contributed by atoms with van der Waals surface area (Å²) < 4.78 is 5.15. The van der Waals surface area contributed by atoms with Gasteiger partial charge in [0.2, 0.25) is 5.91 Å². The fourth-order valence-electron chi connectivity index (χ4n) is 3.32. The van der Waals surface area contributed by atoms with Crippen LogP contribution in [0, 0.1) is 0 Å². The molecule has 0 aliphatic carbocycles. The number of ether oxygens (including phenoxy) is 1. The minimum absolute atomic E-state index is 0.0990. The highest BCUT2D eigenvalue weighted by molar-refractivity contribution is 7.18. The van der Waals surface area contributed by atoms with Gasteiger partial charge >= 0.3 is 0 Å². The van der Waals surface area contributed by atoms with E-state index in [-0.39, 0.29) is 17.9 Å². The smallest absolute Gasteiger partial charge is 0.268 e. The van der Waals surface area contributed by atoms with Crippen LogP contribution in [0.1, 0.15) is 34.5 Å². The number of carbonyl (C=O) groups excluding carboxylic acids is 2. The Hall–Kier alpha value is -2.61. The number of fused-ring (bicyclic) bond motifs is 2. The Bertz CT molecular complexity index is 833. The minimum Gasteiger partial charge on any atom is -0.497 e. The summed E-state index contributed by atoms with van der Waals surface area (Å²) in [5.74, 6) is 0.942. The predicted molar refractivity (Wildman–Crippen MR) is 99.7 cm³/mol. The van der Waals surface area contributed by atoms with Crippen LogP contribution in [0.3, 0.4) is 0 Å². The van der Waals surface area contributed by atoms with Crippen LogP contribution in [0.15, 0.2) is 24.3 Å². The molecule has 1 unspecified atom stereocenters.